The van der Waals surface area contributed by atoms with Gasteiger partial charge in [-0.3, -0.25) is 10.1 Å². The Balaban J connectivity index is 2.05. The maximum atomic E-state index is 10.8. The highest BCUT2D eigenvalue weighted by atomic mass is 16.6. The van der Waals surface area contributed by atoms with Gasteiger partial charge in [0.1, 0.15) is 17.2 Å². The van der Waals surface area contributed by atoms with E-state index in [1.54, 1.807) is 24.3 Å². The van der Waals surface area contributed by atoms with Gasteiger partial charge in [-0.2, -0.15) is 5.26 Å². The molecule has 6 nitrogen and oxygen atoms in total. The zero-order chi connectivity index (χ0) is 15.5. The smallest absolute Gasteiger partial charge is 0.270 e. The van der Waals surface area contributed by atoms with Crippen molar-refractivity contribution in [3.63, 3.8) is 0 Å². The van der Waals surface area contributed by atoms with Gasteiger partial charge < -0.3 is 4.42 Å². The molecule has 0 amide bonds. The van der Waals surface area contributed by atoms with Gasteiger partial charge in [0.05, 0.1) is 4.92 Å². The number of non-ortho nitro benzene ring substituents is 1. The third-order valence-electron chi connectivity index (χ3n) is 3.04. The standard InChI is InChI=1S/C16H9N3O3/c17-10-12(8-11-4-3-5-13(9-11)19(20)21)16-18-14-6-1-2-7-15(14)22-16/h1-9H. The number of nitro benzene ring substituents is 1. The molecule has 0 aliphatic rings. The van der Waals surface area contributed by atoms with Crippen LogP contribution in [0.15, 0.2) is 52.9 Å². The molecular formula is C16H9N3O3. The lowest BCUT2D eigenvalue weighted by Crippen LogP contribution is -1.88. The Labute approximate surface area is 125 Å². The van der Waals surface area contributed by atoms with Crippen LogP contribution in [0.3, 0.4) is 0 Å². The Morgan fingerprint density at radius 2 is 2.09 bits per heavy atom. The van der Waals surface area contributed by atoms with Crippen molar-refractivity contribution >= 4 is 28.4 Å². The fourth-order valence-electron chi connectivity index (χ4n) is 2.02. The number of nitriles is 1. The summed E-state index contributed by atoms with van der Waals surface area (Å²) in [6, 6.07) is 15.2. The normalized spacial score (nSPS) is 11.3. The van der Waals surface area contributed by atoms with E-state index in [0.29, 0.717) is 16.7 Å². The average Bonchev–Trinajstić information content (AvgIpc) is 2.96. The number of oxazole rings is 1. The number of nitro groups is 1. The van der Waals surface area contributed by atoms with Gasteiger partial charge in [0.15, 0.2) is 5.58 Å². The molecule has 0 saturated carbocycles. The maximum Gasteiger partial charge on any atom is 0.270 e. The zero-order valence-electron chi connectivity index (χ0n) is 11.3. The van der Waals surface area contributed by atoms with Crippen molar-refractivity contribution in [3.05, 3.63) is 70.1 Å². The Morgan fingerprint density at radius 1 is 1.27 bits per heavy atom. The van der Waals surface area contributed by atoms with Crippen molar-refractivity contribution < 1.29 is 9.34 Å². The van der Waals surface area contributed by atoms with E-state index in [4.69, 9.17) is 4.42 Å². The van der Waals surface area contributed by atoms with Crippen LogP contribution in [0.25, 0.3) is 22.7 Å². The lowest BCUT2D eigenvalue weighted by Gasteiger charge is -1.95. The maximum absolute atomic E-state index is 10.8. The second-order valence-corrected chi connectivity index (χ2v) is 4.51. The van der Waals surface area contributed by atoms with Crippen LogP contribution >= 0.6 is 0 Å². The van der Waals surface area contributed by atoms with E-state index in [-0.39, 0.29) is 17.2 Å². The number of fused-ring (bicyclic) bond motifs is 1. The highest BCUT2D eigenvalue weighted by Crippen LogP contribution is 2.23. The molecule has 0 atom stereocenters. The molecular weight excluding hydrogens is 282 g/mol. The summed E-state index contributed by atoms with van der Waals surface area (Å²) in [5.74, 6) is 0.190. The zero-order valence-corrected chi connectivity index (χ0v) is 11.3. The summed E-state index contributed by atoms with van der Waals surface area (Å²) in [5, 5.41) is 20.1. The van der Waals surface area contributed by atoms with Crippen molar-refractivity contribution in [2.75, 3.05) is 0 Å². The molecule has 3 rings (SSSR count). The molecule has 0 saturated heterocycles. The van der Waals surface area contributed by atoms with Gasteiger partial charge in [0.25, 0.3) is 5.69 Å². The number of hydrogen-bond donors (Lipinski definition) is 0. The van der Waals surface area contributed by atoms with Gasteiger partial charge in [0, 0.05) is 12.1 Å². The molecule has 1 heterocycles. The van der Waals surface area contributed by atoms with E-state index in [1.165, 1.54) is 18.2 Å². The minimum Gasteiger partial charge on any atom is -0.435 e. The Hall–Kier alpha value is -3.46. The first kappa shape index (κ1) is 13.5. The largest absolute Gasteiger partial charge is 0.435 e. The Bertz CT molecular complexity index is 902. The molecule has 0 fully saturated rings. The SMILES string of the molecule is N#CC(=Cc1cccc([N+](=O)[O-])c1)c1nc2ccccc2o1. The highest BCUT2D eigenvalue weighted by Gasteiger charge is 2.11. The summed E-state index contributed by atoms with van der Waals surface area (Å²) in [4.78, 5) is 14.5. The van der Waals surface area contributed by atoms with E-state index in [9.17, 15) is 15.4 Å². The second kappa shape index (κ2) is 5.50. The summed E-state index contributed by atoms with van der Waals surface area (Å²) in [5.41, 5.74) is 1.93. The Morgan fingerprint density at radius 3 is 2.82 bits per heavy atom. The van der Waals surface area contributed by atoms with Crippen LogP contribution in [0.2, 0.25) is 0 Å². The van der Waals surface area contributed by atoms with Crippen LogP contribution in [0, 0.1) is 21.4 Å². The molecule has 6 heteroatoms. The fraction of sp³-hybridized carbons (Fsp3) is 0. The average molecular weight is 291 g/mol. The van der Waals surface area contributed by atoms with Gasteiger partial charge in [-0.1, -0.05) is 24.3 Å². The number of benzene rings is 2. The summed E-state index contributed by atoms with van der Waals surface area (Å²) in [6.45, 7) is 0. The molecule has 0 N–H and O–H groups in total. The third kappa shape index (κ3) is 2.55. The minimum absolute atomic E-state index is 0.0383. The van der Waals surface area contributed by atoms with Gasteiger partial charge in [-0.05, 0) is 23.8 Å². The molecule has 1 aromatic heterocycles. The Kier molecular flexibility index (Phi) is 3.38. The van der Waals surface area contributed by atoms with Gasteiger partial charge >= 0.3 is 0 Å². The van der Waals surface area contributed by atoms with Crippen LogP contribution in [-0.4, -0.2) is 9.91 Å². The summed E-state index contributed by atoms with van der Waals surface area (Å²) >= 11 is 0. The van der Waals surface area contributed by atoms with Crippen LogP contribution in [-0.2, 0) is 0 Å². The van der Waals surface area contributed by atoms with Crippen LogP contribution in [0.4, 0.5) is 5.69 Å². The quantitative estimate of drug-likeness (QED) is 0.415. The lowest BCUT2D eigenvalue weighted by molar-refractivity contribution is -0.384. The van der Waals surface area contributed by atoms with Crippen LogP contribution in [0.1, 0.15) is 11.5 Å². The molecule has 0 spiro atoms. The van der Waals surface area contributed by atoms with Gasteiger partial charge in [-0.25, -0.2) is 4.98 Å². The second-order valence-electron chi connectivity index (χ2n) is 4.51. The number of nitrogens with zero attached hydrogens (tertiary/aromatic N) is 3. The van der Waals surface area contributed by atoms with Crippen LogP contribution in [0.5, 0.6) is 0 Å². The molecule has 0 aliphatic carbocycles. The molecule has 0 aliphatic heterocycles. The van der Waals surface area contributed by atoms with E-state index in [1.807, 2.05) is 18.2 Å². The summed E-state index contributed by atoms with van der Waals surface area (Å²) in [6.07, 6.45) is 1.51. The van der Waals surface area contributed by atoms with Crippen molar-refractivity contribution in [2.24, 2.45) is 0 Å². The number of rotatable bonds is 3. The fourth-order valence-corrected chi connectivity index (χ4v) is 2.02. The van der Waals surface area contributed by atoms with Crippen molar-refractivity contribution in [1.29, 1.82) is 5.26 Å². The summed E-state index contributed by atoms with van der Waals surface area (Å²) in [7, 11) is 0. The number of hydrogen-bond acceptors (Lipinski definition) is 5. The van der Waals surface area contributed by atoms with E-state index in [2.05, 4.69) is 4.98 Å². The first-order valence-corrected chi connectivity index (χ1v) is 6.39. The first-order valence-electron chi connectivity index (χ1n) is 6.39. The van der Waals surface area contributed by atoms with Crippen molar-refractivity contribution in [2.45, 2.75) is 0 Å². The molecule has 0 radical (unpaired) electrons. The molecule has 0 bridgehead atoms. The van der Waals surface area contributed by atoms with Crippen molar-refractivity contribution in [1.82, 2.24) is 4.98 Å². The van der Waals surface area contributed by atoms with Crippen LogP contribution < -0.4 is 0 Å². The minimum atomic E-state index is -0.483. The van der Waals surface area contributed by atoms with Gasteiger partial charge in [0.2, 0.25) is 5.89 Å². The molecule has 0 unspecified atom stereocenters. The molecule has 22 heavy (non-hydrogen) atoms. The number of allylic oxidation sites excluding steroid dienone is 1. The van der Waals surface area contributed by atoms with Crippen molar-refractivity contribution in [3.8, 4) is 6.07 Å². The molecule has 106 valence electrons. The lowest BCUT2D eigenvalue weighted by atomic mass is 10.1. The highest BCUT2D eigenvalue weighted by molar-refractivity contribution is 5.89. The van der Waals surface area contributed by atoms with E-state index in [0.717, 1.165) is 0 Å². The third-order valence-corrected chi connectivity index (χ3v) is 3.04. The topological polar surface area (TPSA) is 93.0 Å². The predicted molar refractivity (Wildman–Crippen MR) is 80.6 cm³/mol. The number of para-hydroxylation sites is 2. The monoisotopic (exact) mass is 291 g/mol. The predicted octanol–water partition coefficient (Wildman–Crippen LogP) is 3.80. The van der Waals surface area contributed by atoms with E-state index >= 15 is 0 Å². The molecule has 3 aromatic rings. The van der Waals surface area contributed by atoms with Gasteiger partial charge in [-0.15, -0.1) is 0 Å². The van der Waals surface area contributed by atoms with E-state index < -0.39 is 4.92 Å². The first-order chi connectivity index (χ1) is 10.7. The number of aromatic nitrogens is 1. The summed E-state index contributed by atoms with van der Waals surface area (Å²) < 4.78 is 5.54. The molecule has 2 aromatic carbocycles.